The first kappa shape index (κ1) is 12.9. The standard InChI is InChI=1S/C12H17ClN2OS/c1-8-7-17-11(10(8)13)12(16)15(2)9-4-3-5-14-6-9/h7,9,14H,3-6H2,1-2H3. The summed E-state index contributed by atoms with van der Waals surface area (Å²) in [6.07, 6.45) is 2.19. The lowest BCUT2D eigenvalue weighted by molar-refractivity contribution is 0.0713. The summed E-state index contributed by atoms with van der Waals surface area (Å²) < 4.78 is 0. The Bertz CT molecular complexity index is 413. The monoisotopic (exact) mass is 272 g/mol. The summed E-state index contributed by atoms with van der Waals surface area (Å²) in [7, 11) is 1.87. The minimum Gasteiger partial charge on any atom is -0.337 e. The number of hydrogen-bond acceptors (Lipinski definition) is 3. The topological polar surface area (TPSA) is 32.3 Å². The molecule has 2 heterocycles. The van der Waals surface area contributed by atoms with Crippen LogP contribution in [0.5, 0.6) is 0 Å². The van der Waals surface area contributed by atoms with Gasteiger partial charge >= 0.3 is 0 Å². The van der Waals surface area contributed by atoms with E-state index in [1.54, 1.807) is 0 Å². The number of nitrogens with one attached hydrogen (secondary N) is 1. The number of likely N-dealkylation sites (N-methyl/N-ethyl adjacent to an activating group) is 1. The molecule has 17 heavy (non-hydrogen) atoms. The van der Waals surface area contributed by atoms with Crippen LogP contribution in [0, 0.1) is 6.92 Å². The lowest BCUT2D eigenvalue weighted by Gasteiger charge is -2.31. The number of carbonyl (C=O) groups excluding carboxylic acids is 1. The second-order valence-corrected chi connectivity index (χ2v) is 5.74. The number of aryl methyl sites for hydroxylation is 1. The number of piperidine rings is 1. The maximum Gasteiger partial charge on any atom is 0.265 e. The van der Waals surface area contributed by atoms with Crippen molar-refractivity contribution >= 4 is 28.8 Å². The third-order valence-corrected chi connectivity index (χ3v) is 4.92. The zero-order chi connectivity index (χ0) is 12.4. The fraction of sp³-hybridized carbons (Fsp3) is 0.583. The SMILES string of the molecule is Cc1csc(C(=O)N(C)C2CCCNC2)c1Cl. The van der Waals surface area contributed by atoms with E-state index in [2.05, 4.69) is 5.32 Å². The number of rotatable bonds is 2. The third kappa shape index (κ3) is 2.64. The first-order valence-electron chi connectivity index (χ1n) is 5.82. The van der Waals surface area contributed by atoms with E-state index in [1.165, 1.54) is 11.3 Å². The molecule has 0 bridgehead atoms. The van der Waals surface area contributed by atoms with E-state index in [0.717, 1.165) is 31.5 Å². The number of amides is 1. The number of halogens is 1. The molecule has 1 aromatic heterocycles. The quantitative estimate of drug-likeness (QED) is 0.897. The minimum atomic E-state index is 0.0433. The van der Waals surface area contributed by atoms with Gasteiger partial charge in [-0.25, -0.2) is 0 Å². The maximum absolute atomic E-state index is 12.3. The Labute approximate surface area is 111 Å². The molecule has 5 heteroatoms. The first-order chi connectivity index (χ1) is 8.11. The number of thiophene rings is 1. The van der Waals surface area contributed by atoms with Gasteiger partial charge in [-0.3, -0.25) is 4.79 Å². The van der Waals surface area contributed by atoms with E-state index in [-0.39, 0.29) is 11.9 Å². The normalized spacial score (nSPS) is 20.3. The van der Waals surface area contributed by atoms with Gasteiger partial charge in [-0.05, 0) is 37.3 Å². The molecule has 1 aromatic rings. The van der Waals surface area contributed by atoms with Crippen LogP contribution in [0.2, 0.25) is 5.02 Å². The van der Waals surface area contributed by atoms with Gasteiger partial charge in [0.2, 0.25) is 0 Å². The summed E-state index contributed by atoms with van der Waals surface area (Å²) in [5.41, 5.74) is 0.982. The molecule has 94 valence electrons. The highest BCUT2D eigenvalue weighted by Gasteiger charge is 2.25. The van der Waals surface area contributed by atoms with Crippen molar-refractivity contribution in [2.24, 2.45) is 0 Å². The number of carbonyl (C=O) groups is 1. The Kier molecular flexibility index (Phi) is 4.07. The van der Waals surface area contributed by atoms with Crippen LogP contribution in [0.15, 0.2) is 5.38 Å². The highest BCUT2D eigenvalue weighted by atomic mass is 35.5. The molecule has 0 spiro atoms. The van der Waals surface area contributed by atoms with Gasteiger partial charge in [0.1, 0.15) is 4.88 Å². The molecule has 1 atom stereocenters. The average molecular weight is 273 g/mol. The zero-order valence-electron chi connectivity index (χ0n) is 10.1. The van der Waals surface area contributed by atoms with E-state index in [4.69, 9.17) is 11.6 Å². The van der Waals surface area contributed by atoms with Crippen LogP contribution >= 0.6 is 22.9 Å². The minimum absolute atomic E-state index is 0.0433. The van der Waals surface area contributed by atoms with E-state index >= 15 is 0 Å². The lowest BCUT2D eigenvalue weighted by atomic mass is 10.1. The van der Waals surface area contributed by atoms with Crippen LogP contribution < -0.4 is 5.32 Å². The highest BCUT2D eigenvalue weighted by molar-refractivity contribution is 7.13. The van der Waals surface area contributed by atoms with Gasteiger partial charge in [0.05, 0.1) is 5.02 Å². The summed E-state index contributed by atoms with van der Waals surface area (Å²) >= 11 is 7.57. The van der Waals surface area contributed by atoms with Gasteiger partial charge in [-0.15, -0.1) is 11.3 Å². The van der Waals surface area contributed by atoms with Gasteiger partial charge in [-0.1, -0.05) is 11.6 Å². The summed E-state index contributed by atoms with van der Waals surface area (Å²) in [6.45, 7) is 3.86. The van der Waals surface area contributed by atoms with Gasteiger partial charge in [-0.2, -0.15) is 0 Å². The second-order valence-electron chi connectivity index (χ2n) is 4.48. The summed E-state index contributed by atoms with van der Waals surface area (Å²) in [4.78, 5) is 14.8. The van der Waals surface area contributed by atoms with Crippen molar-refractivity contribution < 1.29 is 4.79 Å². The van der Waals surface area contributed by atoms with Crippen LogP contribution in [0.4, 0.5) is 0 Å². The lowest BCUT2D eigenvalue weighted by Crippen LogP contribution is -2.46. The van der Waals surface area contributed by atoms with E-state index in [9.17, 15) is 4.79 Å². The van der Waals surface area contributed by atoms with Crippen molar-refractivity contribution in [1.82, 2.24) is 10.2 Å². The molecular weight excluding hydrogens is 256 g/mol. The number of nitrogens with zero attached hydrogens (tertiary/aromatic N) is 1. The van der Waals surface area contributed by atoms with Gasteiger partial charge < -0.3 is 10.2 Å². The maximum atomic E-state index is 12.3. The molecule has 1 aliphatic heterocycles. The Balaban J connectivity index is 2.11. The van der Waals surface area contributed by atoms with Gasteiger partial charge in [0.25, 0.3) is 5.91 Å². The summed E-state index contributed by atoms with van der Waals surface area (Å²) in [5.74, 6) is 0.0433. The van der Waals surface area contributed by atoms with Crippen LogP contribution in [-0.4, -0.2) is 37.0 Å². The van der Waals surface area contributed by atoms with Crippen molar-refractivity contribution in [2.75, 3.05) is 20.1 Å². The zero-order valence-corrected chi connectivity index (χ0v) is 11.7. The van der Waals surface area contributed by atoms with E-state index < -0.39 is 0 Å². The molecule has 1 unspecified atom stereocenters. The largest absolute Gasteiger partial charge is 0.337 e. The van der Waals surface area contributed by atoms with Crippen molar-refractivity contribution in [3.8, 4) is 0 Å². The fourth-order valence-electron chi connectivity index (χ4n) is 2.06. The molecule has 1 aliphatic rings. The molecule has 0 aromatic carbocycles. The highest BCUT2D eigenvalue weighted by Crippen LogP contribution is 2.28. The third-order valence-electron chi connectivity index (χ3n) is 3.23. The molecule has 2 rings (SSSR count). The fourth-order valence-corrected chi connectivity index (χ4v) is 3.32. The molecular formula is C12H17ClN2OS. The predicted octanol–water partition coefficient (Wildman–Crippen LogP) is 2.53. The summed E-state index contributed by atoms with van der Waals surface area (Å²) in [6, 6.07) is 0.287. The predicted molar refractivity (Wildman–Crippen MR) is 72.1 cm³/mol. The summed E-state index contributed by atoms with van der Waals surface area (Å²) in [5, 5.41) is 5.86. The van der Waals surface area contributed by atoms with Crippen LogP contribution in [0.1, 0.15) is 28.1 Å². The molecule has 0 saturated carbocycles. The van der Waals surface area contributed by atoms with E-state index in [0.29, 0.717) is 9.90 Å². The smallest absolute Gasteiger partial charge is 0.265 e. The molecule has 1 saturated heterocycles. The van der Waals surface area contributed by atoms with E-state index in [1.807, 2.05) is 24.3 Å². The molecule has 1 N–H and O–H groups in total. The molecule has 0 aliphatic carbocycles. The molecule has 1 fully saturated rings. The Morgan fingerprint density at radius 2 is 2.41 bits per heavy atom. The van der Waals surface area contributed by atoms with Crippen molar-refractivity contribution in [3.05, 3.63) is 20.8 Å². The van der Waals surface area contributed by atoms with Crippen LogP contribution in [0.3, 0.4) is 0 Å². The molecule has 3 nitrogen and oxygen atoms in total. The Morgan fingerprint density at radius 1 is 1.65 bits per heavy atom. The molecule has 0 radical (unpaired) electrons. The van der Waals surface area contributed by atoms with Crippen molar-refractivity contribution in [1.29, 1.82) is 0 Å². The Hall–Kier alpha value is -0.580. The van der Waals surface area contributed by atoms with Crippen molar-refractivity contribution in [2.45, 2.75) is 25.8 Å². The average Bonchev–Trinajstić information content (AvgIpc) is 2.69. The Morgan fingerprint density at radius 3 is 2.94 bits per heavy atom. The first-order valence-corrected chi connectivity index (χ1v) is 7.08. The van der Waals surface area contributed by atoms with Crippen LogP contribution in [0.25, 0.3) is 0 Å². The van der Waals surface area contributed by atoms with Crippen LogP contribution in [-0.2, 0) is 0 Å². The second kappa shape index (κ2) is 5.38. The van der Waals surface area contributed by atoms with Gasteiger partial charge in [0, 0.05) is 19.6 Å². The number of hydrogen-bond donors (Lipinski definition) is 1. The van der Waals surface area contributed by atoms with Crippen molar-refractivity contribution in [3.63, 3.8) is 0 Å². The van der Waals surface area contributed by atoms with Gasteiger partial charge in [0.15, 0.2) is 0 Å². The molecule has 1 amide bonds.